The van der Waals surface area contributed by atoms with Gasteiger partial charge in [0, 0.05) is 24.5 Å². The molecule has 0 saturated carbocycles. The number of aromatic nitrogens is 1. The number of carbonyl (C=O) groups excluding carboxylic acids is 1. The van der Waals surface area contributed by atoms with Gasteiger partial charge >= 0.3 is 0 Å². The molecule has 1 amide bonds. The Kier molecular flexibility index (Phi) is 8.71. The smallest absolute Gasteiger partial charge is 0.251 e. The summed E-state index contributed by atoms with van der Waals surface area (Å²) in [5.74, 6) is 0.618. The van der Waals surface area contributed by atoms with E-state index in [0.717, 1.165) is 32.5 Å². The third-order valence-corrected chi connectivity index (χ3v) is 2.95. The summed E-state index contributed by atoms with van der Waals surface area (Å²) in [6.45, 7) is 2.91. The molecule has 1 aromatic rings. The molecular formula is C12H19Cl2N3O. The molecule has 0 aromatic carbocycles. The second kappa shape index (κ2) is 9.14. The fourth-order valence-electron chi connectivity index (χ4n) is 1.93. The van der Waals surface area contributed by atoms with E-state index in [2.05, 4.69) is 15.6 Å². The van der Waals surface area contributed by atoms with Gasteiger partial charge in [-0.15, -0.1) is 24.8 Å². The van der Waals surface area contributed by atoms with E-state index in [0.29, 0.717) is 11.5 Å². The van der Waals surface area contributed by atoms with Gasteiger partial charge in [0.1, 0.15) is 0 Å². The lowest BCUT2D eigenvalue weighted by Crippen LogP contribution is -2.35. The number of halogens is 2. The molecule has 1 fully saturated rings. The number of rotatable bonds is 3. The van der Waals surface area contributed by atoms with Crippen LogP contribution in [0, 0.1) is 5.92 Å². The van der Waals surface area contributed by atoms with Crippen molar-refractivity contribution in [3.05, 3.63) is 30.1 Å². The van der Waals surface area contributed by atoms with Crippen molar-refractivity contribution >= 4 is 30.7 Å². The van der Waals surface area contributed by atoms with Crippen molar-refractivity contribution in [3.63, 3.8) is 0 Å². The first-order chi connectivity index (χ1) is 7.86. The Balaban J connectivity index is 0.00000144. The van der Waals surface area contributed by atoms with Crippen LogP contribution in [0.2, 0.25) is 0 Å². The number of carbonyl (C=O) groups is 1. The zero-order valence-corrected chi connectivity index (χ0v) is 11.7. The maximum atomic E-state index is 11.7. The van der Waals surface area contributed by atoms with E-state index in [9.17, 15) is 4.79 Å². The van der Waals surface area contributed by atoms with Gasteiger partial charge in [0.25, 0.3) is 5.91 Å². The number of pyridine rings is 1. The zero-order valence-electron chi connectivity index (χ0n) is 10.1. The zero-order chi connectivity index (χ0) is 11.2. The molecule has 0 spiro atoms. The molecular weight excluding hydrogens is 273 g/mol. The Morgan fingerprint density at radius 1 is 1.28 bits per heavy atom. The van der Waals surface area contributed by atoms with Gasteiger partial charge in [0.05, 0.1) is 0 Å². The van der Waals surface area contributed by atoms with Gasteiger partial charge in [-0.1, -0.05) is 0 Å². The monoisotopic (exact) mass is 291 g/mol. The molecule has 18 heavy (non-hydrogen) atoms. The van der Waals surface area contributed by atoms with E-state index in [1.807, 2.05) is 0 Å². The average molecular weight is 292 g/mol. The Morgan fingerprint density at radius 2 is 1.89 bits per heavy atom. The standard InChI is InChI=1S/C12H17N3O.2ClH/c16-12(11-3-7-14-8-4-11)15-9-10-1-5-13-6-2-10;;/h3-4,7-8,10,13H,1-2,5-6,9H2,(H,15,16);2*1H. The number of nitrogens with zero attached hydrogens (tertiary/aromatic N) is 1. The fourth-order valence-corrected chi connectivity index (χ4v) is 1.93. The van der Waals surface area contributed by atoms with Crippen molar-refractivity contribution in [2.45, 2.75) is 12.8 Å². The van der Waals surface area contributed by atoms with Crippen molar-refractivity contribution in [2.24, 2.45) is 5.92 Å². The maximum Gasteiger partial charge on any atom is 0.251 e. The maximum absolute atomic E-state index is 11.7. The molecule has 1 aliphatic heterocycles. The second-order valence-electron chi connectivity index (χ2n) is 4.14. The summed E-state index contributed by atoms with van der Waals surface area (Å²) in [5.41, 5.74) is 0.684. The molecule has 6 heteroatoms. The third-order valence-electron chi connectivity index (χ3n) is 2.95. The molecule has 2 N–H and O–H groups in total. The van der Waals surface area contributed by atoms with Crippen molar-refractivity contribution < 1.29 is 4.79 Å². The Labute approximate surface area is 120 Å². The first-order valence-corrected chi connectivity index (χ1v) is 5.75. The molecule has 0 aliphatic carbocycles. The molecule has 0 radical (unpaired) electrons. The van der Waals surface area contributed by atoms with E-state index >= 15 is 0 Å². The van der Waals surface area contributed by atoms with Crippen LogP contribution < -0.4 is 10.6 Å². The van der Waals surface area contributed by atoms with Gasteiger partial charge in [0.2, 0.25) is 0 Å². The Morgan fingerprint density at radius 3 is 2.50 bits per heavy atom. The van der Waals surface area contributed by atoms with Crippen molar-refractivity contribution in [3.8, 4) is 0 Å². The van der Waals surface area contributed by atoms with E-state index in [1.165, 1.54) is 0 Å². The number of hydrogen-bond donors (Lipinski definition) is 2. The quantitative estimate of drug-likeness (QED) is 0.891. The topological polar surface area (TPSA) is 54.0 Å². The number of amides is 1. The largest absolute Gasteiger partial charge is 0.352 e. The number of piperidine rings is 1. The van der Waals surface area contributed by atoms with E-state index in [1.54, 1.807) is 24.5 Å². The first kappa shape index (κ1) is 17.2. The molecule has 4 nitrogen and oxygen atoms in total. The average Bonchev–Trinajstić information content (AvgIpc) is 2.38. The van der Waals surface area contributed by atoms with Crippen LogP contribution in [0.1, 0.15) is 23.2 Å². The molecule has 2 rings (SSSR count). The summed E-state index contributed by atoms with van der Waals surface area (Å²) in [7, 11) is 0. The highest BCUT2D eigenvalue weighted by molar-refractivity contribution is 5.93. The normalized spacial score (nSPS) is 15.1. The van der Waals surface area contributed by atoms with Crippen LogP contribution in [-0.4, -0.2) is 30.5 Å². The van der Waals surface area contributed by atoms with E-state index in [-0.39, 0.29) is 30.7 Å². The highest BCUT2D eigenvalue weighted by Gasteiger charge is 2.14. The van der Waals surface area contributed by atoms with Crippen LogP contribution >= 0.6 is 24.8 Å². The minimum absolute atomic E-state index is 0. The minimum Gasteiger partial charge on any atom is -0.352 e. The van der Waals surface area contributed by atoms with Gasteiger partial charge in [-0.25, -0.2) is 0 Å². The van der Waals surface area contributed by atoms with Gasteiger partial charge in [-0.3, -0.25) is 9.78 Å². The lowest BCUT2D eigenvalue weighted by Gasteiger charge is -2.22. The fraction of sp³-hybridized carbons (Fsp3) is 0.500. The van der Waals surface area contributed by atoms with Crippen LogP contribution in [0.4, 0.5) is 0 Å². The molecule has 1 aromatic heterocycles. The molecule has 1 saturated heterocycles. The molecule has 2 heterocycles. The molecule has 0 bridgehead atoms. The van der Waals surface area contributed by atoms with Crippen LogP contribution in [0.3, 0.4) is 0 Å². The summed E-state index contributed by atoms with van der Waals surface area (Å²) < 4.78 is 0. The van der Waals surface area contributed by atoms with Crippen LogP contribution in [0.15, 0.2) is 24.5 Å². The molecule has 102 valence electrons. The van der Waals surface area contributed by atoms with Gasteiger partial charge in [-0.2, -0.15) is 0 Å². The SMILES string of the molecule is Cl.Cl.O=C(NCC1CCNCC1)c1ccncc1. The van der Waals surface area contributed by atoms with Crippen molar-refractivity contribution in [1.82, 2.24) is 15.6 Å². The summed E-state index contributed by atoms with van der Waals surface area (Å²) >= 11 is 0. The van der Waals surface area contributed by atoms with E-state index < -0.39 is 0 Å². The Hall–Kier alpha value is -0.840. The van der Waals surface area contributed by atoms with Crippen molar-refractivity contribution in [2.75, 3.05) is 19.6 Å². The number of hydrogen-bond acceptors (Lipinski definition) is 3. The number of nitrogens with one attached hydrogen (secondary N) is 2. The summed E-state index contributed by atoms with van der Waals surface area (Å²) in [6.07, 6.45) is 5.58. The summed E-state index contributed by atoms with van der Waals surface area (Å²) in [4.78, 5) is 15.6. The van der Waals surface area contributed by atoms with Gasteiger partial charge in [0.15, 0.2) is 0 Å². The molecule has 0 unspecified atom stereocenters. The van der Waals surface area contributed by atoms with Crippen LogP contribution in [-0.2, 0) is 0 Å². The summed E-state index contributed by atoms with van der Waals surface area (Å²) in [6, 6.07) is 3.47. The second-order valence-corrected chi connectivity index (χ2v) is 4.14. The first-order valence-electron chi connectivity index (χ1n) is 5.75. The van der Waals surface area contributed by atoms with Gasteiger partial charge in [-0.05, 0) is 44.0 Å². The van der Waals surface area contributed by atoms with Crippen molar-refractivity contribution in [1.29, 1.82) is 0 Å². The van der Waals surface area contributed by atoms with Crippen LogP contribution in [0.5, 0.6) is 0 Å². The van der Waals surface area contributed by atoms with Gasteiger partial charge < -0.3 is 10.6 Å². The Bertz CT molecular complexity index is 342. The summed E-state index contributed by atoms with van der Waals surface area (Å²) in [5, 5.41) is 6.29. The minimum atomic E-state index is 0. The predicted molar refractivity (Wildman–Crippen MR) is 76.7 cm³/mol. The molecule has 1 aliphatic rings. The third kappa shape index (κ3) is 5.21. The van der Waals surface area contributed by atoms with Crippen LogP contribution in [0.25, 0.3) is 0 Å². The highest BCUT2D eigenvalue weighted by Crippen LogP contribution is 2.10. The lowest BCUT2D eigenvalue weighted by atomic mass is 9.98. The highest BCUT2D eigenvalue weighted by atomic mass is 35.5. The van der Waals surface area contributed by atoms with E-state index in [4.69, 9.17) is 0 Å². The lowest BCUT2D eigenvalue weighted by molar-refractivity contribution is 0.0944. The predicted octanol–water partition coefficient (Wildman–Crippen LogP) is 1.65. The molecule has 0 atom stereocenters.